The van der Waals surface area contributed by atoms with Crippen LogP contribution in [0.2, 0.25) is 0 Å². The molecule has 1 aromatic carbocycles. The van der Waals surface area contributed by atoms with Crippen LogP contribution in [0, 0.1) is 17.5 Å². The Morgan fingerprint density at radius 1 is 1.20 bits per heavy atom. The Bertz CT molecular complexity index is 457. The van der Waals surface area contributed by atoms with Gasteiger partial charge in [-0.05, 0) is 39.3 Å². The fourth-order valence-corrected chi connectivity index (χ4v) is 2.56. The first kappa shape index (κ1) is 15.3. The number of hydrogen-bond acceptors (Lipinski definition) is 2. The van der Waals surface area contributed by atoms with Gasteiger partial charge >= 0.3 is 0 Å². The van der Waals surface area contributed by atoms with Gasteiger partial charge in [0.15, 0.2) is 11.6 Å². The van der Waals surface area contributed by atoms with Gasteiger partial charge in [0.25, 0.3) is 0 Å². The average Bonchev–Trinajstić information content (AvgIpc) is 2.87. The SMILES string of the molecule is CC(C)N(Cc1cc(F)c(F)cc1F)CC1CCCN1. The van der Waals surface area contributed by atoms with E-state index in [-0.39, 0.29) is 11.6 Å². The van der Waals surface area contributed by atoms with Crippen LogP contribution in [0.15, 0.2) is 12.1 Å². The van der Waals surface area contributed by atoms with E-state index in [1.807, 2.05) is 13.8 Å². The molecule has 0 radical (unpaired) electrons. The van der Waals surface area contributed by atoms with Crippen LogP contribution >= 0.6 is 0 Å². The second kappa shape index (κ2) is 6.59. The number of halogens is 3. The molecule has 1 aromatic rings. The quantitative estimate of drug-likeness (QED) is 0.837. The molecule has 0 spiro atoms. The lowest BCUT2D eigenvalue weighted by Crippen LogP contribution is -2.41. The summed E-state index contributed by atoms with van der Waals surface area (Å²) in [6, 6.07) is 2.19. The fourth-order valence-electron chi connectivity index (χ4n) is 2.56. The molecule has 1 aliphatic rings. The lowest BCUT2D eigenvalue weighted by molar-refractivity contribution is 0.191. The van der Waals surface area contributed by atoms with Gasteiger partial charge < -0.3 is 5.32 Å². The zero-order valence-electron chi connectivity index (χ0n) is 11.9. The van der Waals surface area contributed by atoms with E-state index >= 15 is 0 Å². The first-order valence-corrected chi connectivity index (χ1v) is 7.08. The van der Waals surface area contributed by atoms with Gasteiger partial charge in [-0.3, -0.25) is 4.90 Å². The molecule has 1 N–H and O–H groups in total. The highest BCUT2D eigenvalue weighted by Gasteiger charge is 2.21. The molecule has 1 atom stereocenters. The minimum Gasteiger partial charge on any atom is -0.313 e. The summed E-state index contributed by atoms with van der Waals surface area (Å²) in [5.74, 6) is -2.82. The smallest absolute Gasteiger partial charge is 0.161 e. The third-order valence-corrected chi connectivity index (χ3v) is 3.81. The molecule has 0 amide bonds. The van der Waals surface area contributed by atoms with Crippen molar-refractivity contribution in [3.8, 4) is 0 Å². The Balaban J connectivity index is 2.09. The highest BCUT2D eigenvalue weighted by Crippen LogP contribution is 2.18. The van der Waals surface area contributed by atoms with Crippen LogP contribution in [-0.2, 0) is 6.54 Å². The van der Waals surface area contributed by atoms with E-state index in [0.29, 0.717) is 18.7 Å². The summed E-state index contributed by atoms with van der Waals surface area (Å²) in [4.78, 5) is 2.08. The summed E-state index contributed by atoms with van der Waals surface area (Å²) >= 11 is 0. The van der Waals surface area contributed by atoms with E-state index in [9.17, 15) is 13.2 Å². The van der Waals surface area contributed by atoms with E-state index < -0.39 is 17.5 Å². The van der Waals surface area contributed by atoms with Crippen molar-refractivity contribution in [3.63, 3.8) is 0 Å². The van der Waals surface area contributed by atoms with E-state index in [2.05, 4.69) is 10.2 Å². The third kappa shape index (κ3) is 3.73. The molecule has 0 aliphatic carbocycles. The van der Waals surface area contributed by atoms with Crippen LogP contribution in [0.5, 0.6) is 0 Å². The topological polar surface area (TPSA) is 15.3 Å². The molecular formula is C15H21F3N2. The van der Waals surface area contributed by atoms with Crippen molar-refractivity contribution in [1.82, 2.24) is 10.2 Å². The number of nitrogens with one attached hydrogen (secondary N) is 1. The standard InChI is InChI=1S/C15H21F3N2/c1-10(2)20(9-12-4-3-5-19-12)8-11-6-14(17)15(18)7-13(11)16/h6-7,10,12,19H,3-5,8-9H2,1-2H3. The maximum absolute atomic E-state index is 13.7. The molecule has 1 heterocycles. The highest BCUT2D eigenvalue weighted by molar-refractivity contribution is 5.20. The van der Waals surface area contributed by atoms with E-state index in [0.717, 1.165) is 32.0 Å². The molecule has 0 saturated carbocycles. The van der Waals surface area contributed by atoms with Crippen molar-refractivity contribution >= 4 is 0 Å². The predicted octanol–water partition coefficient (Wildman–Crippen LogP) is 3.07. The van der Waals surface area contributed by atoms with Crippen LogP contribution in [0.4, 0.5) is 13.2 Å². The van der Waals surface area contributed by atoms with E-state index in [4.69, 9.17) is 0 Å². The first-order chi connectivity index (χ1) is 9.47. The summed E-state index contributed by atoms with van der Waals surface area (Å²) in [6.45, 7) is 6.13. The molecule has 1 aliphatic heterocycles. The van der Waals surface area contributed by atoms with Crippen LogP contribution in [0.25, 0.3) is 0 Å². The summed E-state index contributed by atoms with van der Waals surface area (Å²) < 4.78 is 39.9. The zero-order chi connectivity index (χ0) is 14.7. The maximum Gasteiger partial charge on any atom is 0.161 e. The van der Waals surface area contributed by atoms with Gasteiger partial charge in [-0.25, -0.2) is 13.2 Å². The molecule has 1 saturated heterocycles. The van der Waals surface area contributed by atoms with Gasteiger partial charge in [0.05, 0.1) is 0 Å². The molecule has 2 nitrogen and oxygen atoms in total. The van der Waals surface area contributed by atoms with Crippen molar-refractivity contribution in [2.24, 2.45) is 0 Å². The number of nitrogens with zero attached hydrogens (tertiary/aromatic N) is 1. The van der Waals surface area contributed by atoms with Crippen LogP contribution in [0.1, 0.15) is 32.3 Å². The summed E-state index contributed by atoms with van der Waals surface area (Å²) in [6.07, 6.45) is 2.25. The van der Waals surface area contributed by atoms with Crippen molar-refractivity contribution in [2.75, 3.05) is 13.1 Å². The van der Waals surface area contributed by atoms with Crippen molar-refractivity contribution < 1.29 is 13.2 Å². The average molecular weight is 286 g/mol. The molecule has 5 heteroatoms. The normalized spacial score (nSPS) is 19.2. The van der Waals surface area contributed by atoms with E-state index in [1.165, 1.54) is 0 Å². The molecule has 2 rings (SSSR count). The van der Waals surface area contributed by atoms with Crippen LogP contribution < -0.4 is 5.32 Å². The van der Waals surface area contributed by atoms with Gasteiger partial charge in [-0.1, -0.05) is 0 Å². The molecule has 112 valence electrons. The molecule has 1 unspecified atom stereocenters. The minimum atomic E-state index is -1.14. The Labute approximate surface area is 118 Å². The Kier molecular flexibility index (Phi) is 5.05. The largest absolute Gasteiger partial charge is 0.313 e. The molecule has 0 aromatic heterocycles. The Morgan fingerprint density at radius 2 is 1.90 bits per heavy atom. The minimum absolute atomic E-state index is 0.204. The second-order valence-electron chi connectivity index (χ2n) is 5.67. The maximum atomic E-state index is 13.7. The summed E-state index contributed by atoms with van der Waals surface area (Å²) in [7, 11) is 0. The summed E-state index contributed by atoms with van der Waals surface area (Å²) in [5, 5.41) is 3.39. The monoisotopic (exact) mass is 286 g/mol. The second-order valence-corrected chi connectivity index (χ2v) is 5.67. The highest BCUT2D eigenvalue weighted by atomic mass is 19.2. The van der Waals surface area contributed by atoms with Crippen molar-refractivity contribution in [2.45, 2.75) is 45.3 Å². The lowest BCUT2D eigenvalue weighted by atomic mass is 10.1. The van der Waals surface area contributed by atoms with Gasteiger partial charge in [-0.2, -0.15) is 0 Å². The Morgan fingerprint density at radius 3 is 2.50 bits per heavy atom. The van der Waals surface area contributed by atoms with Crippen LogP contribution in [-0.4, -0.2) is 30.1 Å². The lowest BCUT2D eigenvalue weighted by Gasteiger charge is -2.29. The zero-order valence-corrected chi connectivity index (χ0v) is 11.9. The predicted molar refractivity (Wildman–Crippen MR) is 72.9 cm³/mol. The van der Waals surface area contributed by atoms with Crippen molar-refractivity contribution in [3.05, 3.63) is 35.1 Å². The molecule has 20 heavy (non-hydrogen) atoms. The van der Waals surface area contributed by atoms with Gasteiger partial charge in [0.2, 0.25) is 0 Å². The van der Waals surface area contributed by atoms with E-state index in [1.54, 1.807) is 0 Å². The molecule has 0 bridgehead atoms. The van der Waals surface area contributed by atoms with Crippen molar-refractivity contribution in [1.29, 1.82) is 0 Å². The van der Waals surface area contributed by atoms with Gasteiger partial charge in [0, 0.05) is 36.8 Å². The number of benzene rings is 1. The summed E-state index contributed by atoms with van der Waals surface area (Å²) in [5.41, 5.74) is 0.204. The number of hydrogen-bond donors (Lipinski definition) is 1. The van der Waals surface area contributed by atoms with Crippen LogP contribution in [0.3, 0.4) is 0 Å². The number of rotatable bonds is 5. The molecule has 1 fully saturated rings. The fraction of sp³-hybridized carbons (Fsp3) is 0.600. The third-order valence-electron chi connectivity index (χ3n) is 3.81. The molecular weight excluding hydrogens is 265 g/mol. The Hall–Kier alpha value is -1.07. The van der Waals surface area contributed by atoms with Gasteiger partial charge in [0.1, 0.15) is 5.82 Å². The first-order valence-electron chi connectivity index (χ1n) is 7.08. The van der Waals surface area contributed by atoms with Gasteiger partial charge in [-0.15, -0.1) is 0 Å².